The zero-order chi connectivity index (χ0) is 14.6. The number of allylic oxidation sites excluding steroid dienone is 1. The first-order valence-electron chi connectivity index (χ1n) is 6.27. The molecule has 1 saturated carbocycles. The molecule has 6 heteroatoms. The van der Waals surface area contributed by atoms with Crippen molar-refractivity contribution in [2.24, 2.45) is 11.7 Å². The highest BCUT2D eigenvalue weighted by atomic mass is 16.5. The van der Waals surface area contributed by atoms with Crippen LogP contribution in [-0.4, -0.2) is 35.8 Å². The fraction of sp³-hybridized carbons (Fsp3) is 0.615. The van der Waals surface area contributed by atoms with Gasteiger partial charge in [0.25, 0.3) is 0 Å². The van der Waals surface area contributed by atoms with Crippen molar-refractivity contribution in [3.05, 3.63) is 12.7 Å². The molecule has 3 atom stereocenters. The minimum atomic E-state index is -1.10. The smallest absolute Gasteiger partial charge is 0.332 e. The average Bonchev–Trinajstić information content (AvgIpc) is 3.03. The molecule has 1 unspecified atom stereocenters. The summed E-state index contributed by atoms with van der Waals surface area (Å²) in [6.45, 7) is 6.82. The number of esters is 1. The lowest BCUT2D eigenvalue weighted by Gasteiger charge is -2.19. The maximum atomic E-state index is 12.0. The Kier molecular flexibility index (Phi) is 4.83. The van der Waals surface area contributed by atoms with Gasteiger partial charge in [0.1, 0.15) is 5.54 Å². The Hall–Kier alpha value is -1.69. The number of amides is 1. The largest absolute Gasteiger partial charge is 0.464 e. The molecule has 1 aliphatic carbocycles. The molecule has 1 amide bonds. The molecule has 19 heavy (non-hydrogen) atoms. The van der Waals surface area contributed by atoms with Crippen molar-refractivity contribution in [3.63, 3.8) is 0 Å². The highest BCUT2D eigenvalue weighted by Crippen LogP contribution is 2.47. The third-order valence-electron chi connectivity index (χ3n) is 3.18. The van der Waals surface area contributed by atoms with Crippen LogP contribution in [0.5, 0.6) is 0 Å². The Morgan fingerprint density at radius 1 is 1.58 bits per heavy atom. The van der Waals surface area contributed by atoms with Gasteiger partial charge in [0.05, 0.1) is 12.6 Å². The lowest BCUT2D eigenvalue weighted by atomic mass is 10.1. The second-order valence-corrected chi connectivity index (χ2v) is 4.75. The van der Waals surface area contributed by atoms with Gasteiger partial charge in [-0.25, -0.2) is 4.79 Å². The molecular weight excluding hydrogens is 248 g/mol. The minimum absolute atomic E-state index is 0.161. The van der Waals surface area contributed by atoms with E-state index in [1.165, 1.54) is 13.0 Å². The van der Waals surface area contributed by atoms with E-state index in [0.717, 1.165) is 0 Å². The van der Waals surface area contributed by atoms with Crippen LogP contribution in [0.4, 0.5) is 0 Å². The van der Waals surface area contributed by atoms with Crippen LogP contribution in [0.1, 0.15) is 26.7 Å². The van der Waals surface area contributed by atoms with Gasteiger partial charge in [-0.05, 0) is 26.3 Å². The lowest BCUT2D eigenvalue weighted by Crippen LogP contribution is -2.51. The van der Waals surface area contributed by atoms with Gasteiger partial charge in [0.15, 0.2) is 5.78 Å². The first kappa shape index (κ1) is 15.4. The van der Waals surface area contributed by atoms with Crippen LogP contribution in [0.15, 0.2) is 12.7 Å². The minimum Gasteiger partial charge on any atom is -0.464 e. The number of ether oxygens (including phenoxy) is 1. The van der Waals surface area contributed by atoms with E-state index < -0.39 is 23.5 Å². The Labute approximate surface area is 112 Å². The lowest BCUT2D eigenvalue weighted by molar-refractivity contribution is -0.149. The number of hydrogen-bond donors (Lipinski definition) is 2. The molecule has 0 saturated heterocycles. The molecule has 0 radical (unpaired) electrons. The Balaban J connectivity index is 2.78. The number of nitrogens with two attached hydrogens (primary N) is 1. The molecule has 0 spiro atoms. The maximum absolute atomic E-state index is 12.0. The average molecular weight is 268 g/mol. The van der Waals surface area contributed by atoms with Crippen LogP contribution >= 0.6 is 0 Å². The van der Waals surface area contributed by atoms with Gasteiger partial charge >= 0.3 is 5.97 Å². The predicted molar refractivity (Wildman–Crippen MR) is 69.1 cm³/mol. The molecule has 0 aliphatic heterocycles. The van der Waals surface area contributed by atoms with Gasteiger partial charge in [-0.2, -0.15) is 0 Å². The summed E-state index contributed by atoms with van der Waals surface area (Å²) in [7, 11) is 0. The molecule has 3 N–H and O–H groups in total. The highest BCUT2D eigenvalue weighted by molar-refractivity contribution is 5.95. The molecular formula is C13H20N2O4. The molecule has 106 valence electrons. The van der Waals surface area contributed by atoms with E-state index in [4.69, 9.17) is 10.5 Å². The van der Waals surface area contributed by atoms with Gasteiger partial charge in [-0.15, -0.1) is 0 Å². The molecule has 1 fully saturated rings. The summed E-state index contributed by atoms with van der Waals surface area (Å²) in [4.78, 5) is 35.0. The van der Waals surface area contributed by atoms with Crippen molar-refractivity contribution in [1.82, 2.24) is 5.32 Å². The quantitative estimate of drug-likeness (QED) is 0.497. The highest BCUT2D eigenvalue weighted by Gasteiger charge is 2.62. The third-order valence-corrected chi connectivity index (χ3v) is 3.18. The van der Waals surface area contributed by atoms with Crippen LogP contribution in [0.25, 0.3) is 0 Å². The zero-order valence-electron chi connectivity index (χ0n) is 11.3. The maximum Gasteiger partial charge on any atom is 0.332 e. The van der Waals surface area contributed by atoms with Crippen LogP contribution in [0.3, 0.4) is 0 Å². The molecule has 1 aliphatic rings. The SMILES string of the molecule is C=CC(=O)C[C@@H]1CC1(NC(=O)[C@H](C)N)C(=O)OCC. The van der Waals surface area contributed by atoms with Gasteiger partial charge in [-0.1, -0.05) is 6.58 Å². The van der Waals surface area contributed by atoms with Crippen molar-refractivity contribution in [2.75, 3.05) is 6.61 Å². The molecule has 0 aromatic carbocycles. The summed E-state index contributed by atoms with van der Waals surface area (Å²) in [6.07, 6.45) is 1.77. The van der Waals surface area contributed by atoms with Crippen LogP contribution < -0.4 is 11.1 Å². The normalized spacial score (nSPS) is 26.2. The topological polar surface area (TPSA) is 98.5 Å². The Bertz CT molecular complexity index is 405. The fourth-order valence-electron chi connectivity index (χ4n) is 1.95. The van der Waals surface area contributed by atoms with Gasteiger partial charge in [0.2, 0.25) is 5.91 Å². The van der Waals surface area contributed by atoms with Crippen LogP contribution in [0, 0.1) is 5.92 Å². The predicted octanol–water partition coefficient (Wildman–Crippen LogP) is -0.0832. The van der Waals surface area contributed by atoms with Crippen molar-refractivity contribution in [1.29, 1.82) is 0 Å². The summed E-state index contributed by atoms with van der Waals surface area (Å²) >= 11 is 0. The van der Waals surface area contributed by atoms with Gasteiger partial charge in [-0.3, -0.25) is 9.59 Å². The van der Waals surface area contributed by atoms with Crippen molar-refractivity contribution in [3.8, 4) is 0 Å². The second-order valence-electron chi connectivity index (χ2n) is 4.75. The van der Waals surface area contributed by atoms with Crippen molar-refractivity contribution < 1.29 is 19.1 Å². The molecule has 0 aromatic heterocycles. The van der Waals surface area contributed by atoms with E-state index in [-0.39, 0.29) is 24.7 Å². The van der Waals surface area contributed by atoms with Gasteiger partial charge in [0, 0.05) is 12.3 Å². The second kappa shape index (κ2) is 5.97. The number of ketones is 1. The standard InChI is InChI=1S/C13H20N2O4/c1-4-10(16)6-9-7-13(9,12(18)19-5-2)15-11(17)8(3)14/h4,8-9H,1,5-7,14H2,2-3H3,(H,15,17)/t8-,9+,13?/m0/s1. The summed E-state index contributed by atoms with van der Waals surface area (Å²) in [5, 5.41) is 2.61. The number of carbonyl (C=O) groups is 3. The third kappa shape index (κ3) is 3.41. The molecule has 0 bridgehead atoms. The molecule has 6 nitrogen and oxygen atoms in total. The number of hydrogen-bond acceptors (Lipinski definition) is 5. The zero-order valence-corrected chi connectivity index (χ0v) is 11.3. The first-order chi connectivity index (χ1) is 8.87. The van der Waals surface area contributed by atoms with E-state index in [1.54, 1.807) is 6.92 Å². The summed E-state index contributed by atoms with van der Waals surface area (Å²) in [5.74, 6) is -1.35. The molecule has 0 heterocycles. The van der Waals surface area contributed by atoms with Crippen LogP contribution in [0.2, 0.25) is 0 Å². The Morgan fingerprint density at radius 2 is 2.21 bits per heavy atom. The van der Waals surface area contributed by atoms with E-state index in [9.17, 15) is 14.4 Å². The number of carbonyl (C=O) groups excluding carboxylic acids is 3. The van der Waals surface area contributed by atoms with E-state index >= 15 is 0 Å². The Morgan fingerprint density at radius 3 is 2.68 bits per heavy atom. The first-order valence-corrected chi connectivity index (χ1v) is 6.27. The van der Waals surface area contributed by atoms with Crippen molar-refractivity contribution in [2.45, 2.75) is 38.3 Å². The van der Waals surface area contributed by atoms with Crippen LogP contribution in [-0.2, 0) is 19.1 Å². The van der Waals surface area contributed by atoms with E-state index in [2.05, 4.69) is 11.9 Å². The summed E-state index contributed by atoms with van der Waals surface area (Å²) < 4.78 is 4.96. The monoisotopic (exact) mass is 268 g/mol. The summed E-state index contributed by atoms with van der Waals surface area (Å²) in [5.41, 5.74) is 4.37. The van der Waals surface area contributed by atoms with E-state index in [0.29, 0.717) is 6.42 Å². The molecule has 0 aromatic rings. The van der Waals surface area contributed by atoms with Crippen molar-refractivity contribution >= 4 is 17.7 Å². The van der Waals surface area contributed by atoms with Gasteiger partial charge < -0.3 is 15.8 Å². The fourth-order valence-corrected chi connectivity index (χ4v) is 1.95. The van der Waals surface area contributed by atoms with E-state index in [1.807, 2.05) is 0 Å². The number of rotatable bonds is 7. The summed E-state index contributed by atoms with van der Waals surface area (Å²) in [6, 6.07) is -0.720. The molecule has 1 rings (SSSR count). The number of nitrogens with one attached hydrogen (secondary N) is 1.